The summed E-state index contributed by atoms with van der Waals surface area (Å²) in [5.74, 6) is -0.487. The number of aromatic carboxylic acids is 1. The van der Waals surface area contributed by atoms with Gasteiger partial charge in [-0.15, -0.1) is 0 Å². The quantitative estimate of drug-likeness (QED) is 0.793. The summed E-state index contributed by atoms with van der Waals surface area (Å²) >= 11 is 0. The maximum Gasteiger partial charge on any atom is 0.339 e. The van der Waals surface area contributed by atoms with Gasteiger partial charge < -0.3 is 9.84 Å². The van der Waals surface area contributed by atoms with Gasteiger partial charge in [0.2, 0.25) is 0 Å². The molecule has 0 amide bonds. The summed E-state index contributed by atoms with van der Waals surface area (Å²) in [5, 5.41) is 11.2. The Bertz CT molecular complexity index is 575. The van der Waals surface area contributed by atoms with Crippen LogP contribution in [-0.4, -0.2) is 17.7 Å². The number of carboxylic acid groups (broad SMARTS) is 1. The van der Waals surface area contributed by atoms with Crippen molar-refractivity contribution >= 4 is 16.7 Å². The van der Waals surface area contributed by atoms with E-state index in [-0.39, 0.29) is 5.56 Å². The third-order valence-electron chi connectivity index (χ3n) is 3.08. The summed E-state index contributed by atoms with van der Waals surface area (Å²) in [7, 11) is 0. The van der Waals surface area contributed by atoms with E-state index in [1.165, 1.54) is 0 Å². The van der Waals surface area contributed by atoms with Gasteiger partial charge in [-0.2, -0.15) is 0 Å². The van der Waals surface area contributed by atoms with Crippen LogP contribution in [0.15, 0.2) is 36.4 Å². The second-order valence-corrected chi connectivity index (χ2v) is 4.56. The number of hydrogen-bond acceptors (Lipinski definition) is 2. The Kier molecular flexibility index (Phi) is 4.39. The fraction of sp³-hybridized carbons (Fsp3) is 0.312. The number of fused-ring (bicyclic) bond motifs is 1. The molecule has 0 saturated carbocycles. The Hall–Kier alpha value is -2.03. The van der Waals surface area contributed by atoms with Crippen LogP contribution in [-0.2, 0) is 0 Å². The highest BCUT2D eigenvalue weighted by Crippen LogP contribution is 2.26. The van der Waals surface area contributed by atoms with Crippen LogP contribution < -0.4 is 4.74 Å². The maximum absolute atomic E-state index is 11.3. The van der Waals surface area contributed by atoms with Crippen molar-refractivity contribution in [1.29, 1.82) is 0 Å². The van der Waals surface area contributed by atoms with Crippen molar-refractivity contribution in [3.8, 4) is 5.75 Å². The lowest BCUT2D eigenvalue weighted by molar-refractivity contribution is 0.0692. The van der Waals surface area contributed by atoms with Crippen LogP contribution in [0, 0.1) is 0 Å². The van der Waals surface area contributed by atoms with Crippen LogP contribution in [0.2, 0.25) is 0 Å². The molecular formula is C16H18O3. The molecule has 0 atom stereocenters. The van der Waals surface area contributed by atoms with Crippen molar-refractivity contribution < 1.29 is 14.6 Å². The highest BCUT2D eigenvalue weighted by molar-refractivity contribution is 5.97. The Balaban J connectivity index is 2.28. The Morgan fingerprint density at radius 3 is 2.47 bits per heavy atom. The number of unbranched alkanes of at least 4 members (excludes halogenated alkanes) is 2. The average Bonchev–Trinajstić information content (AvgIpc) is 2.42. The molecule has 0 spiro atoms. The normalized spacial score (nSPS) is 10.6. The third kappa shape index (κ3) is 3.25. The van der Waals surface area contributed by atoms with Gasteiger partial charge in [0.15, 0.2) is 0 Å². The molecule has 0 saturated heterocycles. The minimum Gasteiger partial charge on any atom is -0.493 e. The smallest absolute Gasteiger partial charge is 0.339 e. The largest absolute Gasteiger partial charge is 0.493 e. The van der Waals surface area contributed by atoms with Gasteiger partial charge in [-0.1, -0.05) is 44.0 Å². The molecule has 3 nitrogen and oxygen atoms in total. The van der Waals surface area contributed by atoms with Crippen LogP contribution >= 0.6 is 0 Å². The SMILES string of the molecule is CCCCCOc1cc2ccccc2cc1C(=O)O. The zero-order chi connectivity index (χ0) is 13.7. The molecule has 0 unspecified atom stereocenters. The van der Waals surface area contributed by atoms with Crippen molar-refractivity contribution in [2.45, 2.75) is 26.2 Å². The topological polar surface area (TPSA) is 46.5 Å². The lowest BCUT2D eigenvalue weighted by Crippen LogP contribution is -2.04. The van der Waals surface area contributed by atoms with E-state index >= 15 is 0 Å². The van der Waals surface area contributed by atoms with E-state index in [0.717, 1.165) is 30.0 Å². The minimum absolute atomic E-state index is 0.232. The van der Waals surface area contributed by atoms with Gasteiger partial charge in [-0.25, -0.2) is 4.79 Å². The van der Waals surface area contributed by atoms with E-state index in [1.54, 1.807) is 6.07 Å². The van der Waals surface area contributed by atoms with Crippen LogP contribution in [0.4, 0.5) is 0 Å². The van der Waals surface area contributed by atoms with Gasteiger partial charge in [0.05, 0.1) is 6.61 Å². The number of carbonyl (C=O) groups is 1. The number of hydrogen-bond donors (Lipinski definition) is 1. The standard InChI is InChI=1S/C16H18O3/c1-2-3-6-9-19-15-11-13-8-5-4-7-12(13)10-14(15)16(17)18/h4-5,7-8,10-11H,2-3,6,9H2,1H3,(H,17,18). The predicted octanol–water partition coefficient (Wildman–Crippen LogP) is 4.11. The highest BCUT2D eigenvalue weighted by atomic mass is 16.5. The second-order valence-electron chi connectivity index (χ2n) is 4.56. The molecule has 0 aliphatic heterocycles. The Morgan fingerprint density at radius 2 is 1.84 bits per heavy atom. The van der Waals surface area contributed by atoms with Crippen molar-refractivity contribution in [1.82, 2.24) is 0 Å². The van der Waals surface area contributed by atoms with E-state index in [9.17, 15) is 9.90 Å². The molecule has 0 aliphatic rings. The van der Waals surface area contributed by atoms with Crippen LogP contribution in [0.3, 0.4) is 0 Å². The molecule has 19 heavy (non-hydrogen) atoms. The van der Waals surface area contributed by atoms with E-state index in [2.05, 4.69) is 6.92 Å². The fourth-order valence-corrected chi connectivity index (χ4v) is 2.04. The third-order valence-corrected chi connectivity index (χ3v) is 3.08. The number of ether oxygens (including phenoxy) is 1. The van der Waals surface area contributed by atoms with E-state index in [0.29, 0.717) is 12.4 Å². The summed E-state index contributed by atoms with van der Waals surface area (Å²) in [6, 6.07) is 11.2. The van der Waals surface area contributed by atoms with Gasteiger partial charge >= 0.3 is 5.97 Å². The molecule has 2 rings (SSSR count). The van der Waals surface area contributed by atoms with Gasteiger partial charge in [0.1, 0.15) is 11.3 Å². The lowest BCUT2D eigenvalue weighted by atomic mass is 10.1. The van der Waals surface area contributed by atoms with Crippen LogP contribution in [0.25, 0.3) is 10.8 Å². The molecule has 100 valence electrons. The Morgan fingerprint density at radius 1 is 1.16 bits per heavy atom. The van der Waals surface area contributed by atoms with Gasteiger partial charge in [-0.3, -0.25) is 0 Å². The van der Waals surface area contributed by atoms with Crippen molar-refractivity contribution in [2.24, 2.45) is 0 Å². The molecule has 0 heterocycles. The predicted molar refractivity (Wildman–Crippen MR) is 75.9 cm³/mol. The molecule has 0 aliphatic carbocycles. The number of benzene rings is 2. The molecule has 2 aromatic carbocycles. The summed E-state index contributed by atoms with van der Waals surface area (Å²) in [4.78, 5) is 11.3. The summed E-state index contributed by atoms with van der Waals surface area (Å²) in [6.45, 7) is 2.69. The average molecular weight is 258 g/mol. The first-order chi connectivity index (χ1) is 9.22. The maximum atomic E-state index is 11.3. The van der Waals surface area contributed by atoms with Crippen LogP contribution in [0.5, 0.6) is 5.75 Å². The first kappa shape index (κ1) is 13.4. The zero-order valence-corrected chi connectivity index (χ0v) is 11.1. The summed E-state index contributed by atoms with van der Waals surface area (Å²) in [6.07, 6.45) is 3.16. The zero-order valence-electron chi connectivity index (χ0n) is 11.1. The summed E-state index contributed by atoms with van der Waals surface area (Å²) < 4.78 is 5.63. The Labute approximate surface area is 112 Å². The van der Waals surface area contributed by atoms with Gasteiger partial charge in [0, 0.05) is 0 Å². The van der Waals surface area contributed by atoms with Crippen LogP contribution in [0.1, 0.15) is 36.5 Å². The molecule has 0 radical (unpaired) electrons. The number of rotatable bonds is 6. The molecule has 0 bridgehead atoms. The van der Waals surface area contributed by atoms with Crippen molar-refractivity contribution in [3.05, 3.63) is 42.0 Å². The first-order valence-corrected chi connectivity index (χ1v) is 6.61. The van der Waals surface area contributed by atoms with E-state index in [1.807, 2.05) is 30.3 Å². The summed E-state index contributed by atoms with van der Waals surface area (Å²) in [5.41, 5.74) is 0.232. The first-order valence-electron chi connectivity index (χ1n) is 6.61. The fourth-order valence-electron chi connectivity index (χ4n) is 2.04. The second kappa shape index (κ2) is 6.23. The van der Waals surface area contributed by atoms with Crippen molar-refractivity contribution in [2.75, 3.05) is 6.61 Å². The van der Waals surface area contributed by atoms with Gasteiger partial charge in [-0.05, 0) is 29.3 Å². The molecule has 0 fully saturated rings. The number of carboxylic acids is 1. The van der Waals surface area contributed by atoms with Crippen molar-refractivity contribution in [3.63, 3.8) is 0 Å². The lowest BCUT2D eigenvalue weighted by Gasteiger charge is -2.10. The minimum atomic E-state index is -0.948. The molecule has 1 N–H and O–H groups in total. The van der Waals surface area contributed by atoms with Gasteiger partial charge in [0.25, 0.3) is 0 Å². The highest BCUT2D eigenvalue weighted by Gasteiger charge is 2.12. The molecule has 2 aromatic rings. The molecule has 3 heteroatoms. The monoisotopic (exact) mass is 258 g/mol. The molecule has 0 aromatic heterocycles. The molecular weight excluding hydrogens is 240 g/mol. The van der Waals surface area contributed by atoms with E-state index < -0.39 is 5.97 Å². The van der Waals surface area contributed by atoms with E-state index in [4.69, 9.17) is 4.74 Å².